The molecule has 21 heavy (non-hydrogen) atoms. The summed E-state index contributed by atoms with van der Waals surface area (Å²) in [7, 11) is 2.62. The van der Waals surface area contributed by atoms with E-state index < -0.39 is 11.9 Å². The van der Waals surface area contributed by atoms with Crippen molar-refractivity contribution < 1.29 is 23.8 Å². The van der Waals surface area contributed by atoms with Crippen molar-refractivity contribution in [1.82, 2.24) is 0 Å². The predicted molar refractivity (Wildman–Crippen MR) is 76.2 cm³/mol. The molecule has 0 fully saturated rings. The second-order valence-corrected chi connectivity index (χ2v) is 4.99. The first-order valence-corrected chi connectivity index (χ1v) is 7.06. The van der Waals surface area contributed by atoms with Crippen LogP contribution in [0.1, 0.15) is 57.2 Å². The average molecular weight is 292 g/mol. The van der Waals surface area contributed by atoms with Crippen LogP contribution in [0.15, 0.2) is 6.07 Å². The third-order valence-electron chi connectivity index (χ3n) is 3.72. The Morgan fingerprint density at radius 1 is 1.19 bits per heavy atom. The summed E-state index contributed by atoms with van der Waals surface area (Å²) in [5.41, 5.74) is 3.41. The fourth-order valence-corrected chi connectivity index (χ4v) is 2.65. The SMILES string of the molecule is CCCCc1c2c(cc(C(=O)OC)c1C(=O)OC)COC2. The van der Waals surface area contributed by atoms with Crippen molar-refractivity contribution in [2.75, 3.05) is 14.2 Å². The van der Waals surface area contributed by atoms with Crippen LogP contribution in [-0.2, 0) is 33.8 Å². The highest BCUT2D eigenvalue weighted by Crippen LogP contribution is 2.31. The van der Waals surface area contributed by atoms with Crippen molar-refractivity contribution in [1.29, 1.82) is 0 Å². The van der Waals surface area contributed by atoms with Crippen LogP contribution in [-0.4, -0.2) is 26.2 Å². The summed E-state index contributed by atoms with van der Waals surface area (Å²) in [6, 6.07) is 1.69. The Kier molecular flexibility index (Phi) is 4.96. The van der Waals surface area contributed by atoms with Gasteiger partial charge in [0.15, 0.2) is 0 Å². The quantitative estimate of drug-likeness (QED) is 0.781. The number of hydrogen-bond acceptors (Lipinski definition) is 5. The molecule has 0 bridgehead atoms. The molecule has 0 saturated carbocycles. The van der Waals surface area contributed by atoms with Crippen molar-refractivity contribution in [3.63, 3.8) is 0 Å². The molecule has 114 valence electrons. The number of carbonyl (C=O) groups excluding carboxylic acids is 2. The van der Waals surface area contributed by atoms with Crippen LogP contribution in [0.2, 0.25) is 0 Å². The molecule has 0 atom stereocenters. The number of rotatable bonds is 5. The van der Waals surface area contributed by atoms with Crippen LogP contribution in [0, 0.1) is 0 Å². The van der Waals surface area contributed by atoms with Gasteiger partial charge in [-0.15, -0.1) is 0 Å². The highest BCUT2D eigenvalue weighted by molar-refractivity contribution is 6.04. The minimum Gasteiger partial charge on any atom is -0.465 e. The summed E-state index contributed by atoms with van der Waals surface area (Å²) < 4.78 is 15.1. The number of unbranched alkanes of at least 4 members (excludes halogenated alkanes) is 1. The van der Waals surface area contributed by atoms with Gasteiger partial charge in [-0.3, -0.25) is 0 Å². The molecule has 0 aromatic heterocycles. The highest BCUT2D eigenvalue weighted by atomic mass is 16.5. The molecule has 1 heterocycles. The van der Waals surface area contributed by atoms with Crippen molar-refractivity contribution in [2.24, 2.45) is 0 Å². The molecule has 5 nitrogen and oxygen atoms in total. The van der Waals surface area contributed by atoms with E-state index in [0.717, 1.165) is 36.0 Å². The number of benzene rings is 1. The van der Waals surface area contributed by atoms with E-state index in [0.29, 0.717) is 18.8 Å². The van der Waals surface area contributed by atoms with Gasteiger partial charge in [0.05, 0.1) is 38.6 Å². The highest BCUT2D eigenvalue weighted by Gasteiger charge is 2.28. The monoisotopic (exact) mass is 292 g/mol. The fraction of sp³-hybridized carbons (Fsp3) is 0.500. The van der Waals surface area contributed by atoms with Gasteiger partial charge >= 0.3 is 11.9 Å². The Labute approximate surface area is 124 Å². The lowest BCUT2D eigenvalue weighted by Crippen LogP contribution is -2.17. The van der Waals surface area contributed by atoms with Crippen LogP contribution < -0.4 is 0 Å². The molecule has 5 heteroatoms. The standard InChI is InChI=1S/C16H20O5/c1-4-5-6-11-13-9-21-8-10(13)7-12(15(17)19-2)14(11)16(18)20-3/h7H,4-6,8-9H2,1-3H3. The van der Waals surface area contributed by atoms with E-state index in [4.69, 9.17) is 14.2 Å². The molecule has 1 aromatic carbocycles. The average Bonchev–Trinajstić information content (AvgIpc) is 2.98. The number of esters is 2. The van der Waals surface area contributed by atoms with Crippen molar-refractivity contribution in [3.05, 3.63) is 33.9 Å². The van der Waals surface area contributed by atoms with E-state index in [1.54, 1.807) is 6.07 Å². The minimum absolute atomic E-state index is 0.264. The maximum atomic E-state index is 12.2. The summed E-state index contributed by atoms with van der Waals surface area (Å²) in [4.78, 5) is 24.2. The summed E-state index contributed by atoms with van der Waals surface area (Å²) in [5.74, 6) is -1.03. The van der Waals surface area contributed by atoms with Gasteiger partial charge in [-0.2, -0.15) is 0 Å². The topological polar surface area (TPSA) is 61.8 Å². The third-order valence-corrected chi connectivity index (χ3v) is 3.72. The molecular formula is C16H20O5. The molecule has 0 amide bonds. The Morgan fingerprint density at radius 2 is 1.90 bits per heavy atom. The normalized spacial score (nSPS) is 12.9. The van der Waals surface area contributed by atoms with E-state index >= 15 is 0 Å². The zero-order valence-electron chi connectivity index (χ0n) is 12.7. The second-order valence-electron chi connectivity index (χ2n) is 4.99. The lowest BCUT2D eigenvalue weighted by atomic mass is 9.89. The number of methoxy groups -OCH3 is 2. The first kappa shape index (κ1) is 15.5. The van der Waals surface area contributed by atoms with E-state index in [1.165, 1.54) is 14.2 Å². The van der Waals surface area contributed by atoms with E-state index in [-0.39, 0.29) is 5.56 Å². The van der Waals surface area contributed by atoms with Gasteiger partial charge in [0.1, 0.15) is 0 Å². The van der Waals surface area contributed by atoms with E-state index in [2.05, 4.69) is 6.92 Å². The van der Waals surface area contributed by atoms with Gasteiger partial charge in [0, 0.05) is 0 Å². The molecule has 0 unspecified atom stereocenters. The molecule has 1 aliphatic heterocycles. The van der Waals surface area contributed by atoms with Crippen LogP contribution >= 0.6 is 0 Å². The number of ether oxygens (including phenoxy) is 3. The Hall–Kier alpha value is -1.88. The van der Waals surface area contributed by atoms with Crippen LogP contribution in [0.4, 0.5) is 0 Å². The summed E-state index contributed by atoms with van der Waals surface area (Å²) in [6.45, 7) is 3.01. The molecule has 0 saturated heterocycles. The zero-order valence-corrected chi connectivity index (χ0v) is 12.7. The number of hydrogen-bond donors (Lipinski definition) is 0. The Balaban J connectivity index is 2.64. The molecule has 0 N–H and O–H groups in total. The summed E-state index contributed by atoms with van der Waals surface area (Å²) in [5, 5.41) is 0. The van der Waals surface area contributed by atoms with Crippen molar-refractivity contribution in [2.45, 2.75) is 39.4 Å². The van der Waals surface area contributed by atoms with Gasteiger partial charge in [0.2, 0.25) is 0 Å². The zero-order chi connectivity index (χ0) is 15.4. The lowest BCUT2D eigenvalue weighted by Gasteiger charge is -2.16. The van der Waals surface area contributed by atoms with Crippen molar-refractivity contribution in [3.8, 4) is 0 Å². The smallest absolute Gasteiger partial charge is 0.339 e. The fourth-order valence-electron chi connectivity index (χ4n) is 2.65. The van der Waals surface area contributed by atoms with Crippen molar-refractivity contribution >= 4 is 11.9 Å². The maximum absolute atomic E-state index is 12.2. The predicted octanol–water partition coefficient (Wildman–Crippen LogP) is 2.63. The maximum Gasteiger partial charge on any atom is 0.339 e. The van der Waals surface area contributed by atoms with Gasteiger partial charge in [-0.05, 0) is 35.6 Å². The lowest BCUT2D eigenvalue weighted by molar-refractivity contribution is 0.0554. The largest absolute Gasteiger partial charge is 0.465 e. The number of fused-ring (bicyclic) bond motifs is 1. The van der Waals surface area contributed by atoms with Crippen LogP contribution in [0.3, 0.4) is 0 Å². The van der Waals surface area contributed by atoms with Gasteiger partial charge in [0.25, 0.3) is 0 Å². The first-order chi connectivity index (χ1) is 10.1. The van der Waals surface area contributed by atoms with Gasteiger partial charge < -0.3 is 14.2 Å². The molecule has 0 aliphatic carbocycles. The number of carbonyl (C=O) groups is 2. The molecule has 1 aromatic rings. The second kappa shape index (κ2) is 6.72. The third kappa shape index (κ3) is 2.93. The van der Waals surface area contributed by atoms with Crippen LogP contribution in [0.25, 0.3) is 0 Å². The summed E-state index contributed by atoms with van der Waals surface area (Å²) in [6.07, 6.45) is 2.65. The first-order valence-electron chi connectivity index (χ1n) is 7.06. The van der Waals surface area contributed by atoms with E-state index in [9.17, 15) is 9.59 Å². The Bertz CT molecular complexity index is 562. The molecular weight excluding hydrogens is 272 g/mol. The molecule has 2 rings (SSSR count). The van der Waals surface area contributed by atoms with Gasteiger partial charge in [-0.25, -0.2) is 9.59 Å². The van der Waals surface area contributed by atoms with E-state index in [1.807, 2.05) is 0 Å². The summed E-state index contributed by atoms with van der Waals surface area (Å²) >= 11 is 0. The molecule has 0 radical (unpaired) electrons. The molecule has 1 aliphatic rings. The molecule has 0 spiro atoms. The van der Waals surface area contributed by atoms with Crippen LogP contribution in [0.5, 0.6) is 0 Å². The van der Waals surface area contributed by atoms with Gasteiger partial charge in [-0.1, -0.05) is 13.3 Å². The Morgan fingerprint density at radius 3 is 2.52 bits per heavy atom. The minimum atomic E-state index is -0.525.